The molecule has 0 saturated heterocycles. The Bertz CT molecular complexity index is 634. The maximum atomic E-state index is 12.7. The van der Waals surface area contributed by atoms with E-state index in [1.807, 2.05) is 11.8 Å². The molecule has 2 heterocycles. The van der Waals surface area contributed by atoms with Gasteiger partial charge in [-0.15, -0.1) is 0 Å². The lowest BCUT2D eigenvalue weighted by atomic mass is 10.0. The van der Waals surface area contributed by atoms with Gasteiger partial charge in [0.2, 0.25) is 0 Å². The fourth-order valence-corrected chi connectivity index (χ4v) is 2.87. The van der Waals surface area contributed by atoms with Gasteiger partial charge in [-0.3, -0.25) is 4.79 Å². The molecule has 4 nitrogen and oxygen atoms in total. The molecule has 3 rings (SSSR count). The molecule has 2 N–H and O–H groups in total. The number of nitrogens with two attached hydrogens (primary N) is 1. The van der Waals surface area contributed by atoms with E-state index in [4.69, 9.17) is 5.73 Å². The van der Waals surface area contributed by atoms with Crippen molar-refractivity contribution in [3.05, 3.63) is 58.8 Å². The number of anilines is 1. The molecule has 1 aromatic carbocycles. The number of aromatic nitrogens is 1. The first-order valence-electron chi connectivity index (χ1n) is 7.24. The van der Waals surface area contributed by atoms with Gasteiger partial charge in [-0.05, 0) is 43.0 Å². The number of hydrogen-bond donors (Lipinski definition) is 1. The Morgan fingerprint density at radius 3 is 2.33 bits per heavy atom. The van der Waals surface area contributed by atoms with E-state index < -0.39 is 0 Å². The number of hydrogen-bond acceptors (Lipinski definition) is 3. The summed E-state index contributed by atoms with van der Waals surface area (Å²) < 4.78 is 0. The van der Waals surface area contributed by atoms with E-state index in [1.54, 1.807) is 12.1 Å². The summed E-state index contributed by atoms with van der Waals surface area (Å²) in [6.07, 6.45) is 1.81. The van der Waals surface area contributed by atoms with Crippen molar-refractivity contribution in [2.75, 3.05) is 18.8 Å². The number of carbonyl (C=O) groups excluding carboxylic acids is 1. The Labute approximate surface area is 124 Å². The van der Waals surface area contributed by atoms with E-state index in [0.717, 1.165) is 31.6 Å². The van der Waals surface area contributed by atoms with Gasteiger partial charge in [0.25, 0.3) is 5.91 Å². The minimum absolute atomic E-state index is 0.0417. The number of aryl methyl sites for hydroxylation is 1. The highest BCUT2D eigenvalue weighted by Crippen LogP contribution is 2.18. The molecule has 108 valence electrons. The zero-order valence-electron chi connectivity index (χ0n) is 12.2. The standard InChI is InChI=1S/C17H19N3O/c1-12-10-15(11-16(18)19-12)17(21)20-8-6-13-4-2-3-5-14(13)7-9-20/h2-5,10-11H,6-9H2,1H3,(H2,18,19). The van der Waals surface area contributed by atoms with Crippen molar-refractivity contribution in [1.29, 1.82) is 0 Å². The van der Waals surface area contributed by atoms with E-state index >= 15 is 0 Å². The number of amides is 1. The van der Waals surface area contributed by atoms with Crippen LogP contribution in [0.4, 0.5) is 5.82 Å². The van der Waals surface area contributed by atoms with Gasteiger partial charge in [0.15, 0.2) is 0 Å². The Morgan fingerprint density at radius 1 is 1.14 bits per heavy atom. The summed E-state index contributed by atoms with van der Waals surface area (Å²) >= 11 is 0. The first-order valence-corrected chi connectivity index (χ1v) is 7.24. The molecule has 0 unspecified atom stereocenters. The lowest BCUT2D eigenvalue weighted by Crippen LogP contribution is -2.33. The van der Waals surface area contributed by atoms with Gasteiger partial charge in [-0.2, -0.15) is 0 Å². The van der Waals surface area contributed by atoms with Crippen molar-refractivity contribution in [2.45, 2.75) is 19.8 Å². The van der Waals surface area contributed by atoms with Crippen LogP contribution in [-0.2, 0) is 12.8 Å². The molecular formula is C17H19N3O. The number of rotatable bonds is 1. The van der Waals surface area contributed by atoms with E-state index in [2.05, 4.69) is 29.2 Å². The largest absolute Gasteiger partial charge is 0.384 e. The molecule has 0 fully saturated rings. The number of nitrogen functional groups attached to an aromatic ring is 1. The fourth-order valence-electron chi connectivity index (χ4n) is 2.87. The highest BCUT2D eigenvalue weighted by atomic mass is 16.2. The van der Waals surface area contributed by atoms with Crippen LogP contribution in [0, 0.1) is 6.92 Å². The van der Waals surface area contributed by atoms with Gasteiger partial charge >= 0.3 is 0 Å². The Morgan fingerprint density at radius 2 is 1.76 bits per heavy atom. The molecule has 0 aliphatic carbocycles. The Hall–Kier alpha value is -2.36. The zero-order chi connectivity index (χ0) is 14.8. The summed E-state index contributed by atoms with van der Waals surface area (Å²) in [5.74, 6) is 0.441. The van der Waals surface area contributed by atoms with Gasteiger partial charge in [0.1, 0.15) is 5.82 Å². The first kappa shape index (κ1) is 13.6. The third-order valence-electron chi connectivity index (χ3n) is 3.93. The summed E-state index contributed by atoms with van der Waals surface area (Å²) in [5.41, 5.74) is 9.84. The molecule has 0 atom stereocenters. The topological polar surface area (TPSA) is 59.2 Å². The molecule has 4 heteroatoms. The van der Waals surface area contributed by atoms with Crippen molar-refractivity contribution in [3.8, 4) is 0 Å². The van der Waals surface area contributed by atoms with Gasteiger partial charge in [0, 0.05) is 24.3 Å². The quantitative estimate of drug-likeness (QED) is 0.872. The van der Waals surface area contributed by atoms with Crippen LogP contribution in [-0.4, -0.2) is 28.9 Å². The summed E-state index contributed by atoms with van der Waals surface area (Å²) in [5, 5.41) is 0. The predicted molar refractivity (Wildman–Crippen MR) is 83.1 cm³/mol. The van der Waals surface area contributed by atoms with Crippen LogP contribution in [0.15, 0.2) is 36.4 Å². The molecule has 0 bridgehead atoms. The van der Waals surface area contributed by atoms with E-state index in [0.29, 0.717) is 11.4 Å². The summed E-state index contributed by atoms with van der Waals surface area (Å²) in [4.78, 5) is 18.7. The van der Waals surface area contributed by atoms with Crippen molar-refractivity contribution in [3.63, 3.8) is 0 Å². The normalized spacial score (nSPS) is 14.4. The second kappa shape index (κ2) is 5.56. The van der Waals surface area contributed by atoms with Gasteiger partial charge in [-0.25, -0.2) is 4.98 Å². The minimum Gasteiger partial charge on any atom is -0.384 e. The van der Waals surface area contributed by atoms with Gasteiger partial charge in [0.05, 0.1) is 0 Å². The van der Waals surface area contributed by atoms with Crippen LogP contribution >= 0.6 is 0 Å². The Balaban J connectivity index is 1.80. The van der Waals surface area contributed by atoms with Crippen molar-refractivity contribution < 1.29 is 4.79 Å². The maximum Gasteiger partial charge on any atom is 0.254 e. The van der Waals surface area contributed by atoms with Crippen LogP contribution in [0.1, 0.15) is 27.2 Å². The predicted octanol–water partition coefficient (Wildman–Crippen LogP) is 2.21. The first-order chi connectivity index (χ1) is 10.1. The molecule has 0 radical (unpaired) electrons. The summed E-state index contributed by atoms with van der Waals surface area (Å²) in [7, 11) is 0. The third-order valence-corrected chi connectivity index (χ3v) is 3.93. The van der Waals surface area contributed by atoms with Crippen molar-refractivity contribution in [2.24, 2.45) is 0 Å². The number of benzene rings is 1. The van der Waals surface area contributed by atoms with Crippen LogP contribution < -0.4 is 5.73 Å². The zero-order valence-corrected chi connectivity index (χ0v) is 12.2. The third kappa shape index (κ3) is 2.89. The minimum atomic E-state index is 0.0417. The maximum absolute atomic E-state index is 12.7. The molecule has 1 aliphatic heterocycles. The smallest absolute Gasteiger partial charge is 0.254 e. The molecular weight excluding hydrogens is 262 g/mol. The van der Waals surface area contributed by atoms with Gasteiger partial charge < -0.3 is 10.6 Å². The molecule has 21 heavy (non-hydrogen) atoms. The molecule has 0 spiro atoms. The second-order valence-electron chi connectivity index (χ2n) is 5.48. The van der Waals surface area contributed by atoms with Crippen molar-refractivity contribution >= 4 is 11.7 Å². The highest BCUT2D eigenvalue weighted by molar-refractivity contribution is 5.95. The summed E-state index contributed by atoms with van der Waals surface area (Å²) in [6.45, 7) is 3.35. The van der Waals surface area contributed by atoms with E-state index in [1.165, 1.54) is 11.1 Å². The van der Waals surface area contributed by atoms with E-state index in [-0.39, 0.29) is 5.91 Å². The number of pyridine rings is 1. The molecule has 1 aromatic heterocycles. The lowest BCUT2D eigenvalue weighted by Gasteiger charge is -2.20. The SMILES string of the molecule is Cc1cc(C(=O)N2CCc3ccccc3CC2)cc(N)n1. The van der Waals surface area contributed by atoms with Gasteiger partial charge in [-0.1, -0.05) is 24.3 Å². The highest BCUT2D eigenvalue weighted by Gasteiger charge is 2.20. The summed E-state index contributed by atoms with van der Waals surface area (Å²) in [6, 6.07) is 11.9. The lowest BCUT2D eigenvalue weighted by molar-refractivity contribution is 0.0763. The van der Waals surface area contributed by atoms with E-state index in [9.17, 15) is 4.79 Å². The molecule has 0 saturated carbocycles. The molecule has 1 aliphatic rings. The average molecular weight is 281 g/mol. The van der Waals surface area contributed by atoms with Crippen LogP contribution in [0.5, 0.6) is 0 Å². The van der Waals surface area contributed by atoms with Crippen molar-refractivity contribution in [1.82, 2.24) is 9.88 Å². The average Bonchev–Trinajstić information content (AvgIpc) is 2.68. The molecule has 1 amide bonds. The van der Waals surface area contributed by atoms with Crippen LogP contribution in [0.2, 0.25) is 0 Å². The number of fused-ring (bicyclic) bond motifs is 1. The number of carbonyl (C=O) groups is 1. The monoisotopic (exact) mass is 281 g/mol. The molecule has 2 aromatic rings. The fraction of sp³-hybridized carbons (Fsp3) is 0.294. The Kier molecular flexibility index (Phi) is 3.60. The van der Waals surface area contributed by atoms with Crippen LogP contribution in [0.3, 0.4) is 0 Å². The number of nitrogens with zero attached hydrogens (tertiary/aromatic N) is 2. The second-order valence-corrected chi connectivity index (χ2v) is 5.48. The van der Waals surface area contributed by atoms with Crippen LogP contribution in [0.25, 0.3) is 0 Å².